The highest BCUT2D eigenvalue weighted by molar-refractivity contribution is 5.88. The van der Waals surface area contributed by atoms with E-state index in [0.717, 1.165) is 0 Å². The van der Waals surface area contributed by atoms with Crippen molar-refractivity contribution in [3.8, 4) is 0 Å². The first-order valence-corrected chi connectivity index (χ1v) is 2.54. The summed E-state index contributed by atoms with van der Waals surface area (Å²) in [6.45, 7) is 4.08. The standard InChI is InChI=1S/C5H9N3/c1-5(2)3-6-8-7-4-5/h3-4,8H,1-2H3. The van der Waals surface area contributed by atoms with E-state index in [1.54, 1.807) is 0 Å². The molecule has 1 aliphatic rings. The Bertz CT molecular complexity index is 121. The number of hydrogen-bond acceptors (Lipinski definition) is 3. The van der Waals surface area contributed by atoms with Gasteiger partial charge in [-0.05, 0) is 13.8 Å². The molecule has 1 N–H and O–H groups in total. The van der Waals surface area contributed by atoms with Crippen LogP contribution in [0.3, 0.4) is 0 Å². The first-order valence-electron chi connectivity index (χ1n) is 2.54. The van der Waals surface area contributed by atoms with Gasteiger partial charge in [-0.2, -0.15) is 15.7 Å². The zero-order valence-corrected chi connectivity index (χ0v) is 5.05. The van der Waals surface area contributed by atoms with Crippen LogP contribution in [0, 0.1) is 5.41 Å². The fourth-order valence-electron chi connectivity index (χ4n) is 0.457. The largest absolute Gasteiger partial charge is 0.199 e. The van der Waals surface area contributed by atoms with E-state index in [9.17, 15) is 0 Å². The van der Waals surface area contributed by atoms with Crippen molar-refractivity contribution in [2.45, 2.75) is 13.8 Å². The zero-order chi connectivity index (χ0) is 6.04. The van der Waals surface area contributed by atoms with E-state index in [1.165, 1.54) is 0 Å². The monoisotopic (exact) mass is 111 g/mol. The maximum atomic E-state index is 3.76. The summed E-state index contributed by atoms with van der Waals surface area (Å²) < 4.78 is 0. The van der Waals surface area contributed by atoms with Gasteiger partial charge in [-0.3, -0.25) is 0 Å². The molecule has 0 spiro atoms. The van der Waals surface area contributed by atoms with Crippen molar-refractivity contribution < 1.29 is 0 Å². The third-order valence-electron chi connectivity index (χ3n) is 0.910. The molecule has 3 nitrogen and oxygen atoms in total. The number of rotatable bonds is 0. The molecule has 44 valence electrons. The molecule has 0 fully saturated rings. The van der Waals surface area contributed by atoms with Gasteiger partial charge in [0.25, 0.3) is 0 Å². The van der Waals surface area contributed by atoms with E-state index in [2.05, 4.69) is 15.7 Å². The Kier molecular flexibility index (Phi) is 1.04. The van der Waals surface area contributed by atoms with Crippen molar-refractivity contribution in [3.05, 3.63) is 0 Å². The second-order valence-corrected chi connectivity index (χ2v) is 2.44. The van der Waals surface area contributed by atoms with Crippen LogP contribution in [0.4, 0.5) is 0 Å². The molecule has 0 saturated heterocycles. The molecule has 0 bridgehead atoms. The van der Waals surface area contributed by atoms with Crippen molar-refractivity contribution in [2.24, 2.45) is 15.6 Å². The number of hydrogen-bond donors (Lipinski definition) is 1. The maximum absolute atomic E-state index is 3.76. The number of hydrazone groups is 2. The van der Waals surface area contributed by atoms with Crippen LogP contribution in [0.15, 0.2) is 10.2 Å². The molecule has 8 heavy (non-hydrogen) atoms. The topological polar surface area (TPSA) is 36.8 Å². The van der Waals surface area contributed by atoms with Crippen LogP contribution in [0.2, 0.25) is 0 Å². The lowest BCUT2D eigenvalue weighted by atomic mass is 9.98. The molecule has 1 rings (SSSR count). The van der Waals surface area contributed by atoms with E-state index in [0.29, 0.717) is 0 Å². The Labute approximate surface area is 48.5 Å². The molecule has 1 aliphatic heterocycles. The van der Waals surface area contributed by atoms with Gasteiger partial charge < -0.3 is 0 Å². The summed E-state index contributed by atoms with van der Waals surface area (Å²) >= 11 is 0. The quantitative estimate of drug-likeness (QED) is 0.488. The van der Waals surface area contributed by atoms with Crippen molar-refractivity contribution >= 4 is 12.4 Å². The molecule has 0 aromatic carbocycles. The van der Waals surface area contributed by atoms with Gasteiger partial charge in [-0.15, -0.1) is 0 Å². The van der Waals surface area contributed by atoms with Gasteiger partial charge >= 0.3 is 0 Å². The minimum Gasteiger partial charge on any atom is -0.199 e. The molecule has 0 unspecified atom stereocenters. The van der Waals surface area contributed by atoms with Crippen molar-refractivity contribution in [1.29, 1.82) is 0 Å². The zero-order valence-electron chi connectivity index (χ0n) is 5.05. The first kappa shape index (κ1) is 5.28. The number of nitrogens with zero attached hydrogens (tertiary/aromatic N) is 2. The Hall–Kier alpha value is -0.860. The lowest BCUT2D eigenvalue weighted by Gasteiger charge is -2.14. The lowest BCUT2D eigenvalue weighted by molar-refractivity contribution is 0.685. The van der Waals surface area contributed by atoms with Crippen LogP contribution in [0.5, 0.6) is 0 Å². The lowest BCUT2D eigenvalue weighted by Crippen LogP contribution is -2.21. The highest BCUT2D eigenvalue weighted by atomic mass is 15.5. The van der Waals surface area contributed by atoms with E-state index in [4.69, 9.17) is 0 Å². The van der Waals surface area contributed by atoms with Crippen LogP contribution in [0.25, 0.3) is 0 Å². The SMILES string of the molecule is CC1(C)C=NNN=C1. The highest BCUT2D eigenvalue weighted by Crippen LogP contribution is 2.08. The molecule has 0 radical (unpaired) electrons. The summed E-state index contributed by atoms with van der Waals surface area (Å²) in [5.74, 6) is 0. The second kappa shape index (κ2) is 1.58. The van der Waals surface area contributed by atoms with E-state index < -0.39 is 0 Å². The van der Waals surface area contributed by atoms with Gasteiger partial charge in [0.15, 0.2) is 0 Å². The van der Waals surface area contributed by atoms with Crippen LogP contribution in [-0.2, 0) is 0 Å². The summed E-state index contributed by atoms with van der Waals surface area (Å²) in [6, 6.07) is 0. The Morgan fingerprint density at radius 2 is 1.75 bits per heavy atom. The molecule has 0 amide bonds. The normalized spacial score (nSPS) is 22.8. The van der Waals surface area contributed by atoms with Gasteiger partial charge in [-0.25, -0.2) is 0 Å². The Morgan fingerprint density at radius 3 is 2.00 bits per heavy atom. The smallest absolute Gasteiger partial charge is 0.0389 e. The maximum Gasteiger partial charge on any atom is 0.0389 e. The third kappa shape index (κ3) is 1.05. The number of nitrogens with one attached hydrogen (secondary N) is 1. The molecule has 0 aromatic rings. The average molecular weight is 111 g/mol. The van der Waals surface area contributed by atoms with Gasteiger partial charge in [0.2, 0.25) is 0 Å². The molecule has 0 aromatic heterocycles. The van der Waals surface area contributed by atoms with Crippen molar-refractivity contribution in [3.63, 3.8) is 0 Å². The van der Waals surface area contributed by atoms with E-state index in [1.807, 2.05) is 26.3 Å². The van der Waals surface area contributed by atoms with E-state index >= 15 is 0 Å². The van der Waals surface area contributed by atoms with Gasteiger partial charge in [0, 0.05) is 17.8 Å². The van der Waals surface area contributed by atoms with Crippen LogP contribution >= 0.6 is 0 Å². The van der Waals surface area contributed by atoms with Crippen LogP contribution < -0.4 is 5.53 Å². The van der Waals surface area contributed by atoms with Crippen LogP contribution in [-0.4, -0.2) is 12.4 Å². The summed E-state index contributed by atoms with van der Waals surface area (Å²) in [7, 11) is 0. The summed E-state index contributed by atoms with van der Waals surface area (Å²) in [5, 5.41) is 7.51. The highest BCUT2D eigenvalue weighted by Gasteiger charge is 2.12. The van der Waals surface area contributed by atoms with Crippen LogP contribution in [0.1, 0.15) is 13.8 Å². The molecular weight excluding hydrogens is 102 g/mol. The molecule has 3 heteroatoms. The minimum atomic E-state index is 0.0330. The van der Waals surface area contributed by atoms with Crippen molar-refractivity contribution in [1.82, 2.24) is 5.53 Å². The molecule has 1 heterocycles. The summed E-state index contributed by atoms with van der Waals surface area (Å²) in [5.41, 5.74) is 2.51. The summed E-state index contributed by atoms with van der Waals surface area (Å²) in [4.78, 5) is 0. The Morgan fingerprint density at radius 1 is 1.25 bits per heavy atom. The molecule has 0 aliphatic carbocycles. The van der Waals surface area contributed by atoms with Gasteiger partial charge in [0.1, 0.15) is 0 Å². The molecular formula is C5H9N3. The fraction of sp³-hybridized carbons (Fsp3) is 0.600. The predicted molar refractivity (Wildman–Crippen MR) is 33.9 cm³/mol. The van der Waals surface area contributed by atoms with E-state index in [-0.39, 0.29) is 5.41 Å². The fourth-order valence-corrected chi connectivity index (χ4v) is 0.457. The summed E-state index contributed by atoms with van der Waals surface area (Å²) in [6.07, 6.45) is 3.64. The third-order valence-corrected chi connectivity index (χ3v) is 0.910. The Balaban J connectivity index is 2.69. The second-order valence-electron chi connectivity index (χ2n) is 2.44. The van der Waals surface area contributed by atoms with Gasteiger partial charge in [-0.1, -0.05) is 0 Å². The first-order chi connectivity index (χ1) is 3.71. The average Bonchev–Trinajstić information content (AvgIpc) is 1.65. The minimum absolute atomic E-state index is 0.0330. The van der Waals surface area contributed by atoms with Crippen molar-refractivity contribution in [2.75, 3.05) is 0 Å². The van der Waals surface area contributed by atoms with Gasteiger partial charge in [0.05, 0.1) is 0 Å². The molecule has 0 atom stereocenters. The predicted octanol–water partition coefficient (Wildman–Crippen LogP) is 0.587. The molecule has 0 saturated carbocycles.